The fraction of sp³-hybridized carbons (Fsp3) is 1.00. The molecule has 2 N–H and O–H groups in total. The van der Waals surface area contributed by atoms with E-state index < -0.39 is 0 Å². The van der Waals surface area contributed by atoms with Crippen LogP contribution in [0, 0.1) is 0 Å². The number of piperazine rings is 1. The third-order valence-electron chi connectivity index (χ3n) is 2.96. The first-order valence-electron chi connectivity index (χ1n) is 4.79. The van der Waals surface area contributed by atoms with Gasteiger partial charge in [-0.05, 0) is 20.9 Å². The molecule has 1 fully saturated rings. The summed E-state index contributed by atoms with van der Waals surface area (Å²) in [6, 6.07) is 1.22. The smallest absolute Gasteiger partial charge is 0.0192 e. The summed E-state index contributed by atoms with van der Waals surface area (Å²) in [7, 11) is 2.19. The molecular formula is C9H21N3. The van der Waals surface area contributed by atoms with Gasteiger partial charge in [0.15, 0.2) is 0 Å². The van der Waals surface area contributed by atoms with Gasteiger partial charge in [-0.15, -0.1) is 0 Å². The topological polar surface area (TPSA) is 32.5 Å². The molecule has 1 saturated heterocycles. The van der Waals surface area contributed by atoms with Crippen LogP contribution in [0.2, 0.25) is 0 Å². The lowest BCUT2D eigenvalue weighted by molar-refractivity contribution is 0.0801. The van der Waals surface area contributed by atoms with Crippen LogP contribution in [0.4, 0.5) is 0 Å². The Balaban J connectivity index is 2.39. The second kappa shape index (κ2) is 4.21. The van der Waals surface area contributed by atoms with Gasteiger partial charge in [0.05, 0.1) is 0 Å². The molecule has 1 rings (SSSR count). The summed E-state index contributed by atoms with van der Waals surface area (Å²) in [6.07, 6.45) is 0. The van der Waals surface area contributed by atoms with Crippen LogP contribution in [-0.4, -0.2) is 55.1 Å². The number of likely N-dealkylation sites (N-methyl/N-ethyl adjacent to an activating group) is 1. The monoisotopic (exact) mass is 171 g/mol. The van der Waals surface area contributed by atoms with Gasteiger partial charge in [0.2, 0.25) is 0 Å². The van der Waals surface area contributed by atoms with E-state index in [0.717, 1.165) is 13.1 Å². The molecule has 0 bridgehead atoms. The third-order valence-corrected chi connectivity index (χ3v) is 2.96. The Morgan fingerprint density at radius 1 is 1.50 bits per heavy atom. The highest BCUT2D eigenvalue weighted by Gasteiger charge is 2.22. The first-order chi connectivity index (χ1) is 5.65. The van der Waals surface area contributed by atoms with E-state index in [4.69, 9.17) is 5.73 Å². The predicted octanol–water partition coefficient (Wildman–Crippen LogP) is -0.0305. The zero-order valence-electron chi connectivity index (χ0n) is 8.45. The molecule has 0 amide bonds. The number of rotatable bonds is 2. The molecule has 1 aliphatic rings. The summed E-state index contributed by atoms with van der Waals surface area (Å²) in [6.45, 7) is 8.75. The summed E-state index contributed by atoms with van der Waals surface area (Å²) < 4.78 is 0. The second-order valence-electron chi connectivity index (χ2n) is 3.91. The standard InChI is InChI=1S/C9H21N3/c1-8(6-10)12-5-4-11(3)9(2)7-12/h8-9H,4-7,10H2,1-3H3. The average Bonchev–Trinajstić information content (AvgIpc) is 2.08. The highest BCUT2D eigenvalue weighted by molar-refractivity contribution is 4.80. The Morgan fingerprint density at radius 3 is 2.67 bits per heavy atom. The van der Waals surface area contributed by atoms with Crippen LogP contribution in [0.15, 0.2) is 0 Å². The molecule has 12 heavy (non-hydrogen) atoms. The minimum absolute atomic E-state index is 0.543. The zero-order chi connectivity index (χ0) is 9.14. The molecule has 0 aliphatic carbocycles. The van der Waals surface area contributed by atoms with E-state index in [1.165, 1.54) is 13.1 Å². The molecule has 0 spiro atoms. The predicted molar refractivity (Wildman–Crippen MR) is 52.2 cm³/mol. The van der Waals surface area contributed by atoms with E-state index >= 15 is 0 Å². The SMILES string of the molecule is CC1CN(C(C)CN)CCN1C. The van der Waals surface area contributed by atoms with Crippen LogP contribution in [0.25, 0.3) is 0 Å². The van der Waals surface area contributed by atoms with Crippen molar-refractivity contribution in [2.45, 2.75) is 25.9 Å². The molecule has 3 nitrogen and oxygen atoms in total. The Hall–Kier alpha value is -0.120. The van der Waals surface area contributed by atoms with Crippen molar-refractivity contribution in [2.75, 3.05) is 33.2 Å². The summed E-state index contributed by atoms with van der Waals surface area (Å²) in [4.78, 5) is 4.88. The van der Waals surface area contributed by atoms with Crippen molar-refractivity contribution in [3.8, 4) is 0 Å². The van der Waals surface area contributed by atoms with Crippen LogP contribution >= 0.6 is 0 Å². The normalized spacial score (nSPS) is 30.5. The second-order valence-corrected chi connectivity index (χ2v) is 3.91. The summed E-state index contributed by atoms with van der Waals surface area (Å²) >= 11 is 0. The lowest BCUT2D eigenvalue weighted by atomic mass is 10.1. The van der Waals surface area contributed by atoms with E-state index in [1.54, 1.807) is 0 Å². The largest absolute Gasteiger partial charge is 0.329 e. The fourth-order valence-corrected chi connectivity index (χ4v) is 1.63. The molecule has 0 saturated carbocycles. The van der Waals surface area contributed by atoms with Crippen LogP contribution in [0.1, 0.15) is 13.8 Å². The molecular weight excluding hydrogens is 150 g/mol. The van der Waals surface area contributed by atoms with Crippen molar-refractivity contribution in [2.24, 2.45) is 5.73 Å². The van der Waals surface area contributed by atoms with E-state index in [0.29, 0.717) is 12.1 Å². The zero-order valence-corrected chi connectivity index (χ0v) is 8.45. The van der Waals surface area contributed by atoms with Crippen LogP contribution in [0.5, 0.6) is 0 Å². The van der Waals surface area contributed by atoms with Crippen molar-refractivity contribution < 1.29 is 0 Å². The minimum Gasteiger partial charge on any atom is -0.329 e. The van der Waals surface area contributed by atoms with Gasteiger partial charge in [-0.1, -0.05) is 0 Å². The summed E-state index contributed by atoms with van der Waals surface area (Å²) in [5.41, 5.74) is 5.63. The molecule has 3 heteroatoms. The molecule has 1 heterocycles. The minimum atomic E-state index is 0.543. The molecule has 1 aliphatic heterocycles. The molecule has 2 atom stereocenters. The van der Waals surface area contributed by atoms with Crippen LogP contribution < -0.4 is 5.73 Å². The first kappa shape index (κ1) is 9.96. The maximum absolute atomic E-state index is 5.63. The average molecular weight is 171 g/mol. The van der Waals surface area contributed by atoms with Crippen molar-refractivity contribution in [3.05, 3.63) is 0 Å². The number of nitrogens with zero attached hydrogens (tertiary/aromatic N) is 2. The molecule has 0 radical (unpaired) electrons. The summed E-state index contributed by atoms with van der Waals surface area (Å²) in [5.74, 6) is 0. The van der Waals surface area contributed by atoms with E-state index in [9.17, 15) is 0 Å². The van der Waals surface area contributed by atoms with E-state index in [-0.39, 0.29) is 0 Å². The van der Waals surface area contributed by atoms with Crippen LogP contribution in [-0.2, 0) is 0 Å². The van der Waals surface area contributed by atoms with Crippen molar-refractivity contribution in [3.63, 3.8) is 0 Å². The number of hydrogen-bond donors (Lipinski definition) is 1. The Morgan fingerprint density at radius 2 is 2.17 bits per heavy atom. The number of nitrogens with two attached hydrogens (primary N) is 1. The van der Waals surface area contributed by atoms with Gasteiger partial charge in [-0.3, -0.25) is 4.90 Å². The molecule has 0 aromatic heterocycles. The van der Waals surface area contributed by atoms with Gasteiger partial charge in [-0.2, -0.15) is 0 Å². The highest BCUT2D eigenvalue weighted by Crippen LogP contribution is 2.09. The van der Waals surface area contributed by atoms with Gasteiger partial charge < -0.3 is 10.6 Å². The van der Waals surface area contributed by atoms with Gasteiger partial charge in [0.25, 0.3) is 0 Å². The Kier molecular flexibility index (Phi) is 3.50. The van der Waals surface area contributed by atoms with Crippen molar-refractivity contribution >= 4 is 0 Å². The Bertz CT molecular complexity index is 138. The molecule has 72 valence electrons. The van der Waals surface area contributed by atoms with Gasteiger partial charge in [0.1, 0.15) is 0 Å². The first-order valence-corrected chi connectivity index (χ1v) is 4.79. The highest BCUT2D eigenvalue weighted by atomic mass is 15.3. The molecule has 0 aromatic carbocycles. The van der Waals surface area contributed by atoms with E-state index in [1.807, 2.05) is 0 Å². The van der Waals surface area contributed by atoms with Crippen molar-refractivity contribution in [1.29, 1.82) is 0 Å². The fourth-order valence-electron chi connectivity index (χ4n) is 1.63. The Labute approximate surface area is 75.5 Å². The summed E-state index contributed by atoms with van der Waals surface area (Å²) in [5, 5.41) is 0. The molecule has 0 aromatic rings. The maximum Gasteiger partial charge on any atom is 0.0192 e. The van der Waals surface area contributed by atoms with Gasteiger partial charge in [-0.25, -0.2) is 0 Å². The van der Waals surface area contributed by atoms with Crippen molar-refractivity contribution in [1.82, 2.24) is 9.80 Å². The molecule has 2 unspecified atom stereocenters. The lowest BCUT2D eigenvalue weighted by Crippen LogP contribution is -2.54. The third kappa shape index (κ3) is 2.19. The van der Waals surface area contributed by atoms with Gasteiger partial charge >= 0.3 is 0 Å². The van der Waals surface area contributed by atoms with Crippen LogP contribution in [0.3, 0.4) is 0 Å². The van der Waals surface area contributed by atoms with Gasteiger partial charge in [0, 0.05) is 38.3 Å². The lowest BCUT2D eigenvalue weighted by Gasteiger charge is -2.40. The quantitative estimate of drug-likeness (QED) is 0.633. The maximum atomic E-state index is 5.63. The number of hydrogen-bond acceptors (Lipinski definition) is 3. The van der Waals surface area contributed by atoms with E-state index in [2.05, 4.69) is 30.7 Å².